The highest BCUT2D eigenvalue weighted by atomic mass is 79.9. The predicted octanol–water partition coefficient (Wildman–Crippen LogP) is 6.10. The summed E-state index contributed by atoms with van der Waals surface area (Å²) >= 11 is 3.76. The highest BCUT2D eigenvalue weighted by molar-refractivity contribution is 9.10. The SMILES string of the molecule is CC(C)c1cc(C#Cc2ccccc2)cc(C(C)C)c1Br. The third-order valence-electron chi connectivity index (χ3n) is 3.50. The molecule has 0 unspecified atom stereocenters. The van der Waals surface area contributed by atoms with Crippen LogP contribution in [0.3, 0.4) is 0 Å². The first kappa shape index (κ1) is 15.9. The number of benzene rings is 2. The molecule has 0 aliphatic rings. The van der Waals surface area contributed by atoms with E-state index in [9.17, 15) is 0 Å². The van der Waals surface area contributed by atoms with Gasteiger partial charge < -0.3 is 0 Å². The van der Waals surface area contributed by atoms with Crippen LogP contribution < -0.4 is 0 Å². The van der Waals surface area contributed by atoms with E-state index in [0.717, 1.165) is 11.1 Å². The van der Waals surface area contributed by atoms with E-state index in [-0.39, 0.29) is 0 Å². The van der Waals surface area contributed by atoms with Gasteiger partial charge in [-0.3, -0.25) is 0 Å². The summed E-state index contributed by atoms with van der Waals surface area (Å²) in [7, 11) is 0. The zero-order valence-corrected chi connectivity index (χ0v) is 14.7. The van der Waals surface area contributed by atoms with Gasteiger partial charge in [-0.05, 0) is 47.2 Å². The van der Waals surface area contributed by atoms with Crippen molar-refractivity contribution in [3.05, 3.63) is 69.2 Å². The van der Waals surface area contributed by atoms with Gasteiger partial charge in [-0.1, -0.05) is 73.7 Å². The lowest BCUT2D eigenvalue weighted by atomic mass is 9.93. The molecule has 0 fully saturated rings. The first-order valence-corrected chi connectivity index (χ1v) is 8.18. The van der Waals surface area contributed by atoms with E-state index in [1.54, 1.807) is 0 Å². The van der Waals surface area contributed by atoms with Crippen LogP contribution in [-0.2, 0) is 0 Å². The third-order valence-corrected chi connectivity index (χ3v) is 4.41. The number of hydrogen-bond acceptors (Lipinski definition) is 0. The zero-order chi connectivity index (χ0) is 15.4. The Bertz CT molecular complexity index is 641. The third kappa shape index (κ3) is 3.99. The molecule has 0 heterocycles. The Labute approximate surface area is 136 Å². The largest absolute Gasteiger partial charge is 0.0622 e. The molecule has 0 radical (unpaired) electrons. The molecule has 2 rings (SSSR count). The Balaban J connectivity index is 2.48. The van der Waals surface area contributed by atoms with Crippen molar-refractivity contribution < 1.29 is 0 Å². The Morgan fingerprint density at radius 1 is 0.762 bits per heavy atom. The topological polar surface area (TPSA) is 0 Å². The lowest BCUT2D eigenvalue weighted by Gasteiger charge is -2.16. The molecule has 0 aliphatic heterocycles. The Hall–Kier alpha value is -1.52. The van der Waals surface area contributed by atoms with Crippen LogP contribution in [0, 0.1) is 11.8 Å². The maximum atomic E-state index is 3.76. The average molecular weight is 341 g/mol. The normalized spacial score (nSPS) is 10.6. The summed E-state index contributed by atoms with van der Waals surface area (Å²) in [5, 5.41) is 0. The number of hydrogen-bond donors (Lipinski definition) is 0. The quantitative estimate of drug-likeness (QED) is 0.579. The monoisotopic (exact) mass is 340 g/mol. The maximum absolute atomic E-state index is 3.76. The van der Waals surface area contributed by atoms with E-state index < -0.39 is 0 Å². The molecular formula is C20H21Br. The summed E-state index contributed by atoms with van der Waals surface area (Å²) in [5.74, 6) is 7.52. The second-order valence-corrected chi connectivity index (χ2v) is 6.69. The lowest BCUT2D eigenvalue weighted by Crippen LogP contribution is -1.98. The fourth-order valence-electron chi connectivity index (χ4n) is 2.25. The molecule has 108 valence electrons. The molecule has 0 atom stereocenters. The van der Waals surface area contributed by atoms with Crippen molar-refractivity contribution >= 4 is 15.9 Å². The van der Waals surface area contributed by atoms with Gasteiger partial charge in [0.1, 0.15) is 0 Å². The van der Waals surface area contributed by atoms with Gasteiger partial charge in [0.15, 0.2) is 0 Å². The first-order valence-electron chi connectivity index (χ1n) is 7.39. The molecule has 2 aromatic rings. The van der Waals surface area contributed by atoms with Crippen molar-refractivity contribution in [2.45, 2.75) is 39.5 Å². The summed E-state index contributed by atoms with van der Waals surface area (Å²) < 4.78 is 1.23. The van der Waals surface area contributed by atoms with Crippen molar-refractivity contribution in [2.24, 2.45) is 0 Å². The minimum atomic E-state index is 0.482. The standard InChI is InChI=1S/C20H21Br/c1-14(2)18-12-17(13-19(15(3)4)20(18)21)11-10-16-8-6-5-7-9-16/h5-9,12-15H,1-4H3. The van der Waals surface area contributed by atoms with Gasteiger partial charge in [-0.25, -0.2) is 0 Å². The van der Waals surface area contributed by atoms with Gasteiger partial charge >= 0.3 is 0 Å². The van der Waals surface area contributed by atoms with Crippen LogP contribution in [0.4, 0.5) is 0 Å². The van der Waals surface area contributed by atoms with Crippen molar-refractivity contribution in [1.29, 1.82) is 0 Å². The molecule has 0 saturated heterocycles. The van der Waals surface area contributed by atoms with Crippen LogP contribution in [0.2, 0.25) is 0 Å². The van der Waals surface area contributed by atoms with Gasteiger partial charge in [0.25, 0.3) is 0 Å². The van der Waals surface area contributed by atoms with Crippen molar-refractivity contribution in [2.75, 3.05) is 0 Å². The van der Waals surface area contributed by atoms with Gasteiger partial charge in [0.05, 0.1) is 0 Å². The van der Waals surface area contributed by atoms with Crippen LogP contribution in [0.25, 0.3) is 0 Å². The van der Waals surface area contributed by atoms with Crippen LogP contribution in [0.15, 0.2) is 46.9 Å². The molecule has 0 N–H and O–H groups in total. The van der Waals surface area contributed by atoms with E-state index in [2.05, 4.69) is 67.6 Å². The minimum absolute atomic E-state index is 0.482. The van der Waals surface area contributed by atoms with E-state index in [4.69, 9.17) is 0 Å². The van der Waals surface area contributed by atoms with E-state index in [0.29, 0.717) is 11.8 Å². The maximum Gasteiger partial charge on any atom is 0.0255 e. The van der Waals surface area contributed by atoms with Gasteiger partial charge in [-0.2, -0.15) is 0 Å². The van der Waals surface area contributed by atoms with Gasteiger partial charge in [-0.15, -0.1) is 0 Å². The minimum Gasteiger partial charge on any atom is -0.0622 e. The molecule has 1 heteroatoms. The van der Waals surface area contributed by atoms with Crippen molar-refractivity contribution in [3.8, 4) is 11.8 Å². The van der Waals surface area contributed by atoms with Crippen LogP contribution in [0.1, 0.15) is 61.8 Å². The van der Waals surface area contributed by atoms with E-state index in [1.807, 2.05) is 30.3 Å². The summed E-state index contributed by atoms with van der Waals surface area (Å²) in [6, 6.07) is 14.5. The molecule has 0 bridgehead atoms. The van der Waals surface area contributed by atoms with Gasteiger partial charge in [0, 0.05) is 15.6 Å². The fraction of sp³-hybridized carbons (Fsp3) is 0.300. The Morgan fingerprint density at radius 2 is 1.24 bits per heavy atom. The fourth-order valence-corrected chi connectivity index (χ4v) is 3.39. The molecule has 0 spiro atoms. The molecule has 0 aliphatic carbocycles. The Morgan fingerprint density at radius 3 is 1.71 bits per heavy atom. The number of halogens is 1. The van der Waals surface area contributed by atoms with E-state index in [1.165, 1.54) is 15.6 Å². The summed E-state index contributed by atoms with van der Waals surface area (Å²) in [5.41, 5.74) is 4.81. The first-order chi connectivity index (χ1) is 9.99. The lowest BCUT2D eigenvalue weighted by molar-refractivity contribution is 0.823. The molecule has 0 saturated carbocycles. The van der Waals surface area contributed by atoms with E-state index >= 15 is 0 Å². The van der Waals surface area contributed by atoms with Crippen molar-refractivity contribution in [3.63, 3.8) is 0 Å². The summed E-state index contributed by atoms with van der Waals surface area (Å²) in [4.78, 5) is 0. The molecule has 21 heavy (non-hydrogen) atoms. The smallest absolute Gasteiger partial charge is 0.0255 e. The molecular weight excluding hydrogens is 320 g/mol. The zero-order valence-electron chi connectivity index (χ0n) is 13.1. The second-order valence-electron chi connectivity index (χ2n) is 5.89. The van der Waals surface area contributed by atoms with Crippen LogP contribution in [-0.4, -0.2) is 0 Å². The van der Waals surface area contributed by atoms with Crippen LogP contribution >= 0.6 is 15.9 Å². The molecule has 0 nitrogen and oxygen atoms in total. The molecule has 0 amide bonds. The molecule has 0 aromatic heterocycles. The van der Waals surface area contributed by atoms with Gasteiger partial charge in [0.2, 0.25) is 0 Å². The second kappa shape index (κ2) is 6.96. The summed E-state index contributed by atoms with van der Waals surface area (Å²) in [6.07, 6.45) is 0. The summed E-state index contributed by atoms with van der Waals surface area (Å²) in [6.45, 7) is 8.88. The Kier molecular flexibility index (Phi) is 5.26. The highest BCUT2D eigenvalue weighted by Crippen LogP contribution is 2.33. The van der Waals surface area contributed by atoms with Crippen molar-refractivity contribution in [1.82, 2.24) is 0 Å². The van der Waals surface area contributed by atoms with Crippen LogP contribution in [0.5, 0.6) is 0 Å². The highest BCUT2D eigenvalue weighted by Gasteiger charge is 2.13. The average Bonchev–Trinajstić information content (AvgIpc) is 2.46. The molecule has 2 aromatic carbocycles. The number of rotatable bonds is 2. The predicted molar refractivity (Wildman–Crippen MR) is 94.7 cm³/mol.